The predicted octanol–water partition coefficient (Wildman–Crippen LogP) is 4.82. The van der Waals surface area contributed by atoms with Crippen LogP contribution in [0.25, 0.3) is 0 Å². The Morgan fingerprint density at radius 1 is 0.881 bits per heavy atom. The smallest absolute Gasteiger partial charge is 0.393 e. The monoisotopic (exact) mass is 592 g/mol. The lowest BCUT2D eigenvalue weighted by atomic mass is 9.44. The number of oxime groups is 1. The molecule has 8 heteroatoms. The van der Waals surface area contributed by atoms with E-state index in [1.807, 2.05) is 4.90 Å². The summed E-state index contributed by atoms with van der Waals surface area (Å²) in [5, 5.41) is 18.4. The molecule has 4 fully saturated rings. The Labute approximate surface area is 257 Å². The molecule has 4 aliphatic rings. The fraction of sp³-hybridized carbons (Fsp3) is 0.941. The van der Waals surface area contributed by atoms with E-state index in [1.165, 1.54) is 38.5 Å². The normalized spacial score (nSPS) is 37.0. The zero-order valence-electron chi connectivity index (χ0n) is 28.6. The van der Waals surface area contributed by atoms with Gasteiger partial charge in [0.15, 0.2) is 0 Å². The second kappa shape index (κ2) is 13.0. The minimum Gasteiger partial charge on any atom is -0.393 e. The molecular weight excluding hydrogens is 526 g/mol. The number of hydrogen-bond donors (Lipinski definition) is 2. The largest absolute Gasteiger partial charge is 0.436 e. The minimum atomic E-state index is -0.328. The van der Waals surface area contributed by atoms with Gasteiger partial charge in [-0.3, -0.25) is 9.74 Å². The van der Waals surface area contributed by atoms with Crippen LogP contribution in [0.2, 0.25) is 0 Å². The van der Waals surface area contributed by atoms with Crippen LogP contribution >= 0.6 is 0 Å². The number of aliphatic hydroxyl groups excluding tert-OH is 1. The minimum absolute atomic E-state index is 0.0848. The summed E-state index contributed by atoms with van der Waals surface area (Å²) in [7, 11) is 13.0. The first-order valence-electron chi connectivity index (χ1n) is 17.0. The van der Waals surface area contributed by atoms with Crippen molar-refractivity contribution in [2.45, 2.75) is 84.7 Å². The summed E-state index contributed by atoms with van der Waals surface area (Å²) < 4.78 is 1.71. The fourth-order valence-electron chi connectivity index (χ4n) is 9.62. The molecule has 4 saturated carbocycles. The van der Waals surface area contributed by atoms with E-state index in [4.69, 9.17) is 4.84 Å². The number of amides is 1. The second-order valence-corrected chi connectivity index (χ2v) is 17.1. The molecule has 0 heterocycles. The van der Waals surface area contributed by atoms with Crippen LogP contribution in [0.1, 0.15) is 78.6 Å². The van der Waals surface area contributed by atoms with E-state index >= 15 is 0 Å². The summed E-state index contributed by atoms with van der Waals surface area (Å²) >= 11 is 0. The lowest BCUT2D eigenvalue weighted by molar-refractivity contribution is -0.869. The number of nitrogens with one attached hydrogen (secondary N) is 1. The van der Waals surface area contributed by atoms with E-state index in [2.05, 4.69) is 73.5 Å². The first-order chi connectivity index (χ1) is 19.5. The molecule has 8 nitrogen and oxygen atoms in total. The van der Waals surface area contributed by atoms with Gasteiger partial charge in [-0.2, -0.15) is 0 Å². The number of carbonyl (C=O) groups excluding carboxylic acids is 1. The first-order valence-corrected chi connectivity index (χ1v) is 17.0. The van der Waals surface area contributed by atoms with Crippen molar-refractivity contribution in [3.8, 4) is 0 Å². The van der Waals surface area contributed by atoms with Gasteiger partial charge >= 0.3 is 6.09 Å². The number of rotatable bonds is 11. The summed E-state index contributed by atoms with van der Waals surface area (Å²) in [6.07, 6.45) is 10.3. The SMILES string of the molecule is C/C(=N\OC(=O)N(CCNCC[N+](C)(C)C)CC[N+](C)(C)C)[C@H]1CC[C@H]2[C@@H]3CC[C@H]4C[C@H](O)CC[C@]4(C)[C@H]3CC[C@]12C. The lowest BCUT2D eigenvalue weighted by Gasteiger charge is -2.61. The highest BCUT2D eigenvalue weighted by Gasteiger charge is 2.60. The van der Waals surface area contributed by atoms with Crippen LogP contribution in [0.3, 0.4) is 0 Å². The van der Waals surface area contributed by atoms with Gasteiger partial charge in [0.25, 0.3) is 0 Å². The van der Waals surface area contributed by atoms with Crippen molar-refractivity contribution >= 4 is 11.8 Å². The summed E-state index contributed by atoms with van der Waals surface area (Å²) in [5.74, 6) is 3.38. The van der Waals surface area contributed by atoms with Gasteiger partial charge in [0, 0.05) is 25.6 Å². The molecule has 0 saturated heterocycles. The Hall–Kier alpha value is -1.22. The molecule has 0 aromatic rings. The fourth-order valence-corrected chi connectivity index (χ4v) is 9.62. The van der Waals surface area contributed by atoms with Gasteiger partial charge in [-0.1, -0.05) is 19.0 Å². The maximum absolute atomic E-state index is 13.3. The molecule has 4 rings (SSSR count). The predicted molar refractivity (Wildman–Crippen MR) is 171 cm³/mol. The summed E-state index contributed by atoms with van der Waals surface area (Å²) in [6, 6.07) is 0. The summed E-state index contributed by atoms with van der Waals surface area (Å²) in [6.45, 7) is 12.0. The molecule has 0 radical (unpaired) electrons. The highest BCUT2D eigenvalue weighted by atomic mass is 16.7. The molecule has 4 aliphatic carbocycles. The molecule has 0 spiro atoms. The number of carbonyl (C=O) groups is 1. The topological polar surface area (TPSA) is 74.2 Å². The summed E-state index contributed by atoms with van der Waals surface area (Å²) in [4.78, 5) is 20.8. The Balaban J connectivity index is 1.37. The zero-order chi connectivity index (χ0) is 30.9. The van der Waals surface area contributed by atoms with Crippen LogP contribution < -0.4 is 5.32 Å². The third-order valence-corrected chi connectivity index (χ3v) is 12.2. The van der Waals surface area contributed by atoms with Crippen molar-refractivity contribution < 1.29 is 23.7 Å². The van der Waals surface area contributed by atoms with Crippen LogP contribution in [-0.2, 0) is 4.84 Å². The molecule has 0 aromatic heterocycles. The third kappa shape index (κ3) is 7.70. The Morgan fingerprint density at radius 2 is 1.55 bits per heavy atom. The van der Waals surface area contributed by atoms with Crippen LogP contribution in [0, 0.1) is 40.4 Å². The molecule has 242 valence electrons. The first kappa shape index (κ1) is 33.7. The van der Waals surface area contributed by atoms with Crippen LogP contribution in [0.5, 0.6) is 0 Å². The van der Waals surface area contributed by atoms with Crippen molar-refractivity contribution in [3.63, 3.8) is 0 Å². The van der Waals surface area contributed by atoms with Crippen molar-refractivity contribution in [2.24, 2.45) is 45.6 Å². The molecule has 1 amide bonds. The Morgan fingerprint density at radius 3 is 2.24 bits per heavy atom. The van der Waals surface area contributed by atoms with E-state index in [0.29, 0.717) is 30.3 Å². The zero-order valence-corrected chi connectivity index (χ0v) is 28.6. The number of nitrogens with zero attached hydrogens (tertiary/aromatic N) is 4. The average Bonchev–Trinajstić information content (AvgIpc) is 3.25. The van der Waals surface area contributed by atoms with Gasteiger partial charge in [-0.05, 0) is 99.2 Å². The Kier molecular flexibility index (Phi) is 10.4. The average molecular weight is 592 g/mol. The molecule has 0 aromatic carbocycles. The molecule has 0 aliphatic heterocycles. The van der Waals surface area contributed by atoms with E-state index in [-0.39, 0.29) is 17.6 Å². The van der Waals surface area contributed by atoms with E-state index in [1.54, 1.807) is 0 Å². The van der Waals surface area contributed by atoms with Crippen molar-refractivity contribution in [3.05, 3.63) is 0 Å². The molecule has 42 heavy (non-hydrogen) atoms. The quantitative estimate of drug-likeness (QED) is 0.119. The standard InChI is InChI=1S/C34H65N5O3/c1-25(36-42-32(41)37(21-23-39(7,8)9)20-18-35-19-22-38(4,5)6)29-12-13-30-28-11-10-26-24-27(40)14-16-33(26,2)31(28)15-17-34(29,30)3/h26-31,35,40H,10-24H2,1-9H3/q+2/b36-25+/t26-,27+,28-,29+,30-,31-,33-,34+/m0/s1. The van der Waals surface area contributed by atoms with Crippen molar-refractivity contribution in [2.75, 3.05) is 81.6 Å². The maximum atomic E-state index is 13.3. The van der Waals surface area contributed by atoms with Gasteiger partial charge in [-0.15, -0.1) is 0 Å². The molecular formula is C34H65N5O3+2. The van der Waals surface area contributed by atoms with Crippen molar-refractivity contribution in [1.29, 1.82) is 0 Å². The van der Waals surface area contributed by atoms with Crippen LogP contribution in [0.4, 0.5) is 4.79 Å². The molecule has 0 bridgehead atoms. The van der Waals surface area contributed by atoms with E-state index in [9.17, 15) is 9.90 Å². The van der Waals surface area contributed by atoms with Crippen LogP contribution in [0.15, 0.2) is 5.16 Å². The molecule has 8 atom stereocenters. The molecule has 2 N–H and O–H groups in total. The van der Waals surface area contributed by atoms with Crippen molar-refractivity contribution in [1.82, 2.24) is 10.2 Å². The molecule has 0 unspecified atom stereocenters. The third-order valence-electron chi connectivity index (χ3n) is 12.2. The highest BCUT2D eigenvalue weighted by Crippen LogP contribution is 2.67. The van der Waals surface area contributed by atoms with Gasteiger partial charge in [0.1, 0.15) is 0 Å². The van der Waals surface area contributed by atoms with Gasteiger partial charge in [0.2, 0.25) is 0 Å². The maximum Gasteiger partial charge on any atom is 0.436 e. The number of fused-ring (bicyclic) bond motifs is 5. The number of aliphatic hydroxyl groups is 1. The summed E-state index contributed by atoms with van der Waals surface area (Å²) in [5.41, 5.74) is 1.63. The van der Waals surface area contributed by atoms with E-state index in [0.717, 1.165) is 77.9 Å². The second-order valence-electron chi connectivity index (χ2n) is 17.1. The van der Waals surface area contributed by atoms with Gasteiger partial charge in [-0.25, -0.2) is 4.79 Å². The van der Waals surface area contributed by atoms with Gasteiger partial charge < -0.3 is 19.4 Å². The number of likely N-dealkylation sites (N-methyl/N-ethyl adjacent to an activating group) is 2. The van der Waals surface area contributed by atoms with Crippen LogP contribution in [-0.4, -0.2) is 118 Å². The number of hydrogen-bond acceptors (Lipinski definition) is 5. The van der Waals surface area contributed by atoms with Gasteiger partial charge in [0.05, 0.1) is 73.7 Å². The lowest BCUT2D eigenvalue weighted by Crippen LogP contribution is -2.54. The Bertz CT molecular complexity index is 958. The highest BCUT2D eigenvalue weighted by molar-refractivity contribution is 5.85. The number of quaternary nitrogens is 2. The van der Waals surface area contributed by atoms with E-state index < -0.39 is 0 Å².